The minimum atomic E-state index is -3.86. The largest absolute Gasteiger partial charge is 0.339 e. The molecule has 0 aromatic heterocycles. The topological polar surface area (TPSA) is 95.6 Å². The van der Waals surface area contributed by atoms with Crippen LogP contribution in [0.1, 0.15) is 54.6 Å². The number of rotatable bonds is 4. The predicted octanol–water partition coefficient (Wildman–Crippen LogP) is 3.65. The van der Waals surface area contributed by atoms with Gasteiger partial charge in [0.1, 0.15) is 0 Å². The van der Waals surface area contributed by atoms with Gasteiger partial charge in [-0.3, -0.25) is 14.3 Å². The lowest BCUT2D eigenvalue weighted by Gasteiger charge is -2.26. The van der Waals surface area contributed by atoms with Gasteiger partial charge in [-0.2, -0.15) is 0 Å². The van der Waals surface area contributed by atoms with Crippen LogP contribution in [0.25, 0.3) is 0 Å². The van der Waals surface area contributed by atoms with Gasteiger partial charge in [0, 0.05) is 30.0 Å². The molecule has 2 aliphatic heterocycles. The zero-order valence-corrected chi connectivity index (χ0v) is 18.8. The maximum absolute atomic E-state index is 13.0. The molecule has 0 radical (unpaired) electrons. The molecule has 2 amide bonds. The Balaban J connectivity index is 1.56. The molecule has 2 aliphatic rings. The summed E-state index contributed by atoms with van der Waals surface area (Å²) >= 11 is 0. The first-order valence-corrected chi connectivity index (χ1v) is 12.0. The Morgan fingerprint density at radius 2 is 1.71 bits per heavy atom. The molecule has 0 unspecified atom stereocenters. The molecule has 0 aliphatic carbocycles. The van der Waals surface area contributed by atoms with Crippen LogP contribution in [-0.2, 0) is 20.2 Å². The van der Waals surface area contributed by atoms with Gasteiger partial charge in [-0.25, -0.2) is 8.42 Å². The summed E-state index contributed by atoms with van der Waals surface area (Å²) in [4.78, 5) is 26.8. The van der Waals surface area contributed by atoms with E-state index in [0.717, 1.165) is 32.4 Å². The summed E-state index contributed by atoms with van der Waals surface area (Å²) in [6.45, 7) is 6.85. The first kappa shape index (κ1) is 21.4. The number of nitrogens with zero attached hydrogens (tertiary/aromatic N) is 1. The molecule has 4 rings (SSSR count). The minimum absolute atomic E-state index is 0.0252. The Morgan fingerprint density at radius 3 is 2.35 bits per heavy atom. The Hall–Kier alpha value is -2.87. The summed E-state index contributed by atoms with van der Waals surface area (Å²) < 4.78 is 28.6. The van der Waals surface area contributed by atoms with Crippen LogP contribution in [0.4, 0.5) is 11.4 Å². The molecule has 31 heavy (non-hydrogen) atoms. The van der Waals surface area contributed by atoms with Gasteiger partial charge in [0.05, 0.1) is 10.3 Å². The molecule has 164 valence electrons. The van der Waals surface area contributed by atoms with Crippen LogP contribution in [0.5, 0.6) is 0 Å². The van der Waals surface area contributed by atoms with E-state index < -0.39 is 15.4 Å². The van der Waals surface area contributed by atoms with Gasteiger partial charge in [0.15, 0.2) is 0 Å². The summed E-state index contributed by atoms with van der Waals surface area (Å²) in [5, 5.41) is 2.84. The number of hydrogen-bond acceptors (Lipinski definition) is 4. The molecular formula is C23H27N3O4S. The number of carbonyl (C=O) groups excluding carboxylic acids is 2. The lowest BCUT2D eigenvalue weighted by molar-refractivity contribution is -0.119. The summed E-state index contributed by atoms with van der Waals surface area (Å²) in [7, 11) is -3.86. The Kier molecular flexibility index (Phi) is 5.29. The lowest BCUT2D eigenvalue weighted by Crippen LogP contribution is -2.35. The highest BCUT2D eigenvalue weighted by atomic mass is 32.2. The van der Waals surface area contributed by atoms with Crippen LogP contribution in [0.3, 0.4) is 0 Å². The summed E-state index contributed by atoms with van der Waals surface area (Å²) in [6, 6.07) is 9.60. The lowest BCUT2D eigenvalue weighted by atomic mass is 9.85. The highest BCUT2D eigenvalue weighted by Crippen LogP contribution is 2.40. The fraction of sp³-hybridized carbons (Fsp3) is 0.391. The van der Waals surface area contributed by atoms with Gasteiger partial charge >= 0.3 is 0 Å². The van der Waals surface area contributed by atoms with Crippen LogP contribution in [0.2, 0.25) is 0 Å². The fourth-order valence-electron chi connectivity index (χ4n) is 4.13. The van der Waals surface area contributed by atoms with Crippen molar-refractivity contribution in [1.29, 1.82) is 0 Å². The van der Waals surface area contributed by atoms with Crippen molar-refractivity contribution in [3.8, 4) is 0 Å². The molecule has 0 bridgehead atoms. The average molecular weight is 442 g/mol. The zero-order chi connectivity index (χ0) is 22.4. The molecule has 2 N–H and O–H groups in total. The van der Waals surface area contributed by atoms with E-state index in [1.54, 1.807) is 57.2 Å². The number of sulfonamides is 1. The third kappa shape index (κ3) is 3.92. The number of fused-ring (bicyclic) bond motifs is 1. The maximum Gasteiger partial charge on any atom is 0.261 e. The van der Waals surface area contributed by atoms with Gasteiger partial charge in [-0.05, 0) is 87.6 Å². The van der Waals surface area contributed by atoms with Crippen molar-refractivity contribution in [3.63, 3.8) is 0 Å². The average Bonchev–Trinajstić information content (AvgIpc) is 2.98. The molecule has 1 saturated heterocycles. The fourth-order valence-corrected chi connectivity index (χ4v) is 5.30. The first-order chi connectivity index (χ1) is 14.6. The Labute approximate surface area is 182 Å². The summed E-state index contributed by atoms with van der Waals surface area (Å²) in [6.07, 6.45) is 3.18. The number of piperidine rings is 1. The normalized spacial score (nSPS) is 17.8. The highest BCUT2D eigenvalue weighted by molar-refractivity contribution is 7.92. The number of hydrogen-bond donors (Lipinski definition) is 2. The molecule has 2 aromatic carbocycles. The van der Waals surface area contributed by atoms with E-state index in [4.69, 9.17) is 0 Å². The second-order valence-electron chi connectivity index (χ2n) is 8.78. The van der Waals surface area contributed by atoms with E-state index in [1.807, 2.05) is 4.90 Å². The van der Waals surface area contributed by atoms with Crippen molar-refractivity contribution in [1.82, 2.24) is 4.90 Å². The number of benzene rings is 2. The van der Waals surface area contributed by atoms with Crippen LogP contribution in [0.15, 0.2) is 41.3 Å². The SMILES string of the molecule is Cc1cc(S(=O)(=O)Nc2ccc(C(=O)N3CCCCC3)cc2)cc2c1NC(=O)C2(C)C. The van der Waals surface area contributed by atoms with Crippen molar-refractivity contribution < 1.29 is 18.0 Å². The van der Waals surface area contributed by atoms with E-state index in [-0.39, 0.29) is 16.7 Å². The van der Waals surface area contributed by atoms with E-state index in [2.05, 4.69) is 10.0 Å². The van der Waals surface area contributed by atoms with Crippen LogP contribution in [0, 0.1) is 6.92 Å². The quantitative estimate of drug-likeness (QED) is 0.757. The van der Waals surface area contributed by atoms with Crippen LogP contribution in [-0.4, -0.2) is 38.2 Å². The van der Waals surface area contributed by atoms with E-state index in [1.165, 1.54) is 0 Å². The van der Waals surface area contributed by atoms with Crippen LogP contribution >= 0.6 is 0 Å². The molecular weight excluding hydrogens is 414 g/mol. The van der Waals surface area contributed by atoms with Gasteiger partial charge in [0.25, 0.3) is 15.9 Å². The predicted molar refractivity (Wildman–Crippen MR) is 120 cm³/mol. The molecule has 2 heterocycles. The second-order valence-corrected chi connectivity index (χ2v) is 10.5. The van der Waals surface area contributed by atoms with E-state index >= 15 is 0 Å². The molecule has 0 atom stereocenters. The molecule has 2 aromatic rings. The number of carbonyl (C=O) groups is 2. The molecule has 7 nitrogen and oxygen atoms in total. The number of anilines is 2. The van der Waals surface area contributed by atoms with Crippen molar-refractivity contribution in [2.45, 2.75) is 50.3 Å². The van der Waals surface area contributed by atoms with Gasteiger partial charge in [-0.15, -0.1) is 0 Å². The number of amides is 2. The zero-order valence-electron chi connectivity index (χ0n) is 18.0. The second kappa shape index (κ2) is 7.67. The number of aryl methyl sites for hydroxylation is 1. The minimum Gasteiger partial charge on any atom is -0.339 e. The van der Waals surface area contributed by atoms with Crippen molar-refractivity contribution in [2.75, 3.05) is 23.1 Å². The smallest absolute Gasteiger partial charge is 0.261 e. The van der Waals surface area contributed by atoms with Gasteiger partial charge in [0.2, 0.25) is 5.91 Å². The molecule has 1 fully saturated rings. The van der Waals surface area contributed by atoms with Crippen molar-refractivity contribution in [2.24, 2.45) is 0 Å². The standard InChI is InChI=1S/C23H27N3O4S/c1-15-13-18(14-19-20(15)24-22(28)23(19,2)3)31(29,30)25-17-9-7-16(8-10-17)21(27)26-11-5-4-6-12-26/h7-10,13-14,25H,4-6,11-12H2,1-3H3,(H,24,28). The van der Waals surface area contributed by atoms with Gasteiger partial charge < -0.3 is 10.2 Å². The van der Waals surface area contributed by atoms with Crippen molar-refractivity contribution in [3.05, 3.63) is 53.1 Å². The highest BCUT2D eigenvalue weighted by Gasteiger charge is 2.40. The summed E-state index contributed by atoms with van der Waals surface area (Å²) in [5.41, 5.74) is 2.16. The first-order valence-electron chi connectivity index (χ1n) is 10.5. The Morgan fingerprint density at radius 1 is 1.06 bits per heavy atom. The van der Waals surface area contributed by atoms with Crippen molar-refractivity contribution >= 4 is 33.2 Å². The Bertz CT molecular complexity index is 1150. The monoisotopic (exact) mass is 441 g/mol. The van der Waals surface area contributed by atoms with Gasteiger partial charge in [-0.1, -0.05) is 0 Å². The third-order valence-corrected chi connectivity index (χ3v) is 7.49. The van der Waals surface area contributed by atoms with E-state index in [9.17, 15) is 18.0 Å². The maximum atomic E-state index is 13.0. The summed E-state index contributed by atoms with van der Waals surface area (Å²) in [5.74, 6) is -0.176. The van der Waals surface area contributed by atoms with Crippen LogP contribution < -0.4 is 10.0 Å². The number of nitrogens with one attached hydrogen (secondary N) is 2. The molecule has 8 heteroatoms. The molecule has 0 spiro atoms. The molecule has 0 saturated carbocycles. The van der Waals surface area contributed by atoms with E-state index in [0.29, 0.717) is 28.1 Å². The number of likely N-dealkylation sites (tertiary alicyclic amines) is 1. The third-order valence-electron chi connectivity index (χ3n) is 6.13.